The minimum absolute atomic E-state index is 0.172. The van der Waals surface area contributed by atoms with Gasteiger partial charge in [-0.25, -0.2) is 9.18 Å². The molecular weight excluding hydrogens is 587 g/mol. The summed E-state index contributed by atoms with van der Waals surface area (Å²) in [6.07, 6.45) is 4.44. The first-order chi connectivity index (χ1) is 21.2. The Morgan fingerprint density at radius 2 is 2.07 bits per heavy atom. The fourth-order valence-electron chi connectivity index (χ4n) is 5.91. The van der Waals surface area contributed by atoms with Gasteiger partial charge in [-0.15, -0.1) is 5.10 Å². The number of carbonyl (C=O) groups is 1. The molecule has 1 atom stereocenters. The van der Waals surface area contributed by atoms with Gasteiger partial charge >= 0.3 is 5.97 Å². The van der Waals surface area contributed by atoms with Gasteiger partial charge in [-0.05, 0) is 79.7 Å². The second kappa shape index (κ2) is 13.0. The van der Waals surface area contributed by atoms with E-state index in [4.69, 9.17) is 9.47 Å². The van der Waals surface area contributed by atoms with Crippen molar-refractivity contribution in [2.75, 3.05) is 43.7 Å². The van der Waals surface area contributed by atoms with E-state index in [-0.39, 0.29) is 18.2 Å². The Morgan fingerprint density at radius 1 is 1.25 bits per heavy atom. The van der Waals surface area contributed by atoms with E-state index in [9.17, 15) is 17.9 Å². The number of esters is 1. The van der Waals surface area contributed by atoms with Crippen LogP contribution in [0.25, 0.3) is 22.2 Å². The number of aromatic amines is 1. The normalized spacial score (nSPS) is 16.3. The number of likely N-dealkylation sites (tertiary alicyclic amines) is 1. The van der Waals surface area contributed by atoms with Crippen molar-refractivity contribution in [3.8, 4) is 17.0 Å². The van der Waals surface area contributed by atoms with Crippen LogP contribution in [-0.4, -0.2) is 79.0 Å². The third-order valence-corrected chi connectivity index (χ3v) is 8.97. The standard InChI is InChI=1S/C31H37FN6O5S/c1-20(2)19-43-31(39)30-29(25-16-23(32)3-5-26(25)33-30)27-18-37(35-34-27)17-21-7-10-36(11-8-21)12-13-38(44(40)41)24-4-6-28-22(15-24)9-14-42-28/h3-6,15-16,18,20-21,33H,7-14,17,19H2,1-2H3,(H,40,41)/p-1. The van der Waals surface area contributed by atoms with Crippen LogP contribution in [-0.2, 0) is 29.0 Å². The Bertz CT molecular complexity index is 1660. The number of benzene rings is 2. The fraction of sp³-hybridized carbons (Fsp3) is 0.452. The molecule has 2 aliphatic heterocycles. The van der Waals surface area contributed by atoms with E-state index in [0.717, 1.165) is 43.7 Å². The zero-order valence-electron chi connectivity index (χ0n) is 24.8. The number of hydrogen-bond acceptors (Lipinski definition) is 8. The summed E-state index contributed by atoms with van der Waals surface area (Å²) >= 11 is -2.37. The highest BCUT2D eigenvalue weighted by atomic mass is 32.2. The van der Waals surface area contributed by atoms with Crippen molar-refractivity contribution in [1.82, 2.24) is 24.9 Å². The van der Waals surface area contributed by atoms with Crippen molar-refractivity contribution < 1.29 is 27.4 Å². The van der Waals surface area contributed by atoms with E-state index < -0.39 is 23.1 Å². The smallest absolute Gasteiger partial charge is 0.355 e. The molecule has 1 unspecified atom stereocenters. The topological polar surface area (TPSA) is 129 Å². The summed E-state index contributed by atoms with van der Waals surface area (Å²) in [7, 11) is 0. The Labute approximate surface area is 257 Å². The third-order valence-electron chi connectivity index (χ3n) is 8.22. The monoisotopic (exact) mass is 623 g/mol. The maximum Gasteiger partial charge on any atom is 0.355 e. The Kier molecular flexibility index (Phi) is 8.96. The quantitative estimate of drug-likeness (QED) is 0.193. The second-order valence-corrected chi connectivity index (χ2v) is 12.8. The molecule has 2 aromatic carbocycles. The third kappa shape index (κ3) is 6.64. The lowest BCUT2D eigenvalue weighted by molar-refractivity contribution is 0.0454. The van der Waals surface area contributed by atoms with Gasteiger partial charge < -0.3 is 28.2 Å². The number of fused-ring (bicyclic) bond motifs is 2. The number of rotatable bonds is 11. The molecule has 11 nitrogen and oxygen atoms in total. The summed E-state index contributed by atoms with van der Waals surface area (Å²) in [4.78, 5) is 18.3. The molecule has 4 heterocycles. The van der Waals surface area contributed by atoms with Crippen LogP contribution in [0.3, 0.4) is 0 Å². The van der Waals surface area contributed by atoms with E-state index in [0.29, 0.717) is 60.0 Å². The largest absolute Gasteiger partial charge is 0.755 e. The molecule has 0 saturated carbocycles. The van der Waals surface area contributed by atoms with Gasteiger partial charge in [0.2, 0.25) is 0 Å². The first-order valence-corrected chi connectivity index (χ1v) is 16.0. The van der Waals surface area contributed by atoms with Crippen LogP contribution in [0.15, 0.2) is 42.6 Å². The summed E-state index contributed by atoms with van der Waals surface area (Å²) in [5, 5.41) is 9.23. The highest BCUT2D eigenvalue weighted by molar-refractivity contribution is 7.80. The van der Waals surface area contributed by atoms with E-state index in [1.807, 2.05) is 26.0 Å². The van der Waals surface area contributed by atoms with Crippen LogP contribution in [0, 0.1) is 17.7 Å². The molecule has 0 aliphatic carbocycles. The number of halogens is 1. The van der Waals surface area contributed by atoms with Gasteiger partial charge in [0.1, 0.15) is 23.0 Å². The molecule has 0 bridgehead atoms. The van der Waals surface area contributed by atoms with Crippen LogP contribution in [0.4, 0.5) is 10.1 Å². The van der Waals surface area contributed by atoms with Gasteiger partial charge in [-0.2, -0.15) is 0 Å². The molecule has 44 heavy (non-hydrogen) atoms. The van der Waals surface area contributed by atoms with E-state index in [1.54, 1.807) is 23.0 Å². The zero-order valence-corrected chi connectivity index (χ0v) is 25.6. The molecule has 6 rings (SSSR count). The van der Waals surface area contributed by atoms with Crippen molar-refractivity contribution in [1.29, 1.82) is 0 Å². The number of carbonyl (C=O) groups excluding carboxylic acids is 1. The van der Waals surface area contributed by atoms with Gasteiger partial charge in [-0.1, -0.05) is 19.1 Å². The predicted octanol–water partition coefficient (Wildman–Crippen LogP) is 4.33. The summed E-state index contributed by atoms with van der Waals surface area (Å²) < 4.78 is 52.5. The molecule has 234 valence electrons. The van der Waals surface area contributed by atoms with Crippen molar-refractivity contribution in [3.63, 3.8) is 0 Å². The average molecular weight is 624 g/mol. The first-order valence-electron chi connectivity index (χ1n) is 15.0. The Balaban J connectivity index is 1.08. The molecule has 1 fully saturated rings. The molecule has 13 heteroatoms. The van der Waals surface area contributed by atoms with Crippen LogP contribution in [0.2, 0.25) is 0 Å². The predicted molar refractivity (Wildman–Crippen MR) is 163 cm³/mol. The maximum atomic E-state index is 14.2. The average Bonchev–Trinajstić information content (AvgIpc) is 3.74. The molecule has 0 amide bonds. The van der Waals surface area contributed by atoms with Gasteiger partial charge in [0.25, 0.3) is 0 Å². The highest BCUT2D eigenvalue weighted by Crippen LogP contribution is 2.33. The lowest BCUT2D eigenvalue weighted by Crippen LogP contribution is -2.41. The van der Waals surface area contributed by atoms with Crippen molar-refractivity contribution in [3.05, 3.63) is 59.7 Å². The van der Waals surface area contributed by atoms with Crippen LogP contribution >= 0.6 is 0 Å². The Morgan fingerprint density at radius 3 is 2.84 bits per heavy atom. The van der Waals surface area contributed by atoms with Gasteiger partial charge in [0.15, 0.2) is 0 Å². The summed E-state index contributed by atoms with van der Waals surface area (Å²) in [6.45, 7) is 8.16. The molecular formula is C31H36FN6O5S-. The first kappa shape index (κ1) is 30.2. The minimum Gasteiger partial charge on any atom is -0.755 e. The number of hydrogen-bond donors (Lipinski definition) is 1. The molecule has 0 radical (unpaired) electrons. The number of nitrogens with one attached hydrogen (secondary N) is 1. The number of piperidine rings is 1. The number of nitrogens with zero attached hydrogens (tertiary/aromatic N) is 5. The second-order valence-electron chi connectivity index (χ2n) is 11.9. The van der Waals surface area contributed by atoms with Crippen molar-refractivity contribution in [2.24, 2.45) is 11.8 Å². The number of aromatic nitrogens is 4. The van der Waals surface area contributed by atoms with Gasteiger partial charge in [0, 0.05) is 59.5 Å². The zero-order chi connectivity index (χ0) is 30.8. The van der Waals surface area contributed by atoms with E-state index in [2.05, 4.69) is 20.2 Å². The molecule has 1 saturated heterocycles. The van der Waals surface area contributed by atoms with Crippen LogP contribution in [0.1, 0.15) is 42.7 Å². The lowest BCUT2D eigenvalue weighted by Gasteiger charge is -2.34. The minimum atomic E-state index is -2.37. The van der Waals surface area contributed by atoms with Gasteiger partial charge in [0.05, 0.1) is 19.4 Å². The van der Waals surface area contributed by atoms with Gasteiger partial charge in [-0.3, -0.25) is 8.89 Å². The Hall–Kier alpha value is -3.81. The highest BCUT2D eigenvalue weighted by Gasteiger charge is 2.25. The fourth-order valence-corrected chi connectivity index (χ4v) is 6.42. The van der Waals surface area contributed by atoms with E-state index in [1.165, 1.54) is 16.4 Å². The van der Waals surface area contributed by atoms with E-state index >= 15 is 0 Å². The maximum absolute atomic E-state index is 14.2. The molecule has 0 spiro atoms. The van der Waals surface area contributed by atoms with Crippen molar-refractivity contribution in [2.45, 2.75) is 39.7 Å². The molecule has 1 N–H and O–H groups in total. The summed E-state index contributed by atoms with van der Waals surface area (Å²) in [6, 6.07) is 9.87. The molecule has 4 aromatic rings. The summed E-state index contributed by atoms with van der Waals surface area (Å²) in [5.74, 6) is 0.429. The number of ether oxygens (including phenoxy) is 2. The SMILES string of the molecule is CC(C)COC(=O)c1[nH]c2ccc(F)cc2c1-c1cn(CC2CCN(CCN(c3ccc4c(c3)CCO4)S(=O)[O-])CC2)nn1. The molecule has 2 aliphatic rings. The lowest BCUT2D eigenvalue weighted by atomic mass is 9.97. The molecule has 2 aromatic heterocycles. The number of anilines is 1. The van der Waals surface area contributed by atoms with Crippen molar-refractivity contribution >= 4 is 33.8 Å². The van der Waals surface area contributed by atoms with Crippen LogP contribution in [0.5, 0.6) is 5.75 Å². The summed E-state index contributed by atoms with van der Waals surface area (Å²) in [5.41, 5.74) is 3.49. The van der Waals surface area contributed by atoms with Crippen LogP contribution < -0.4 is 9.04 Å². The number of H-pyrrole nitrogens is 1.